The van der Waals surface area contributed by atoms with E-state index in [1.165, 1.54) is 11.6 Å². The standard InChI is InChI=1S/C18H22FNO/c1-3-11-20-17(12-14-7-5-4-6-8-14)16-13-15(19)9-10-18(16)21-2/h4-10,13,17,20H,3,11-12H2,1-2H3. The second-order valence-electron chi connectivity index (χ2n) is 5.08. The highest BCUT2D eigenvalue weighted by Crippen LogP contribution is 2.28. The molecule has 1 N–H and O–H groups in total. The van der Waals surface area contributed by atoms with Crippen LogP contribution >= 0.6 is 0 Å². The van der Waals surface area contributed by atoms with Crippen LogP contribution in [0.3, 0.4) is 0 Å². The molecule has 0 aromatic heterocycles. The summed E-state index contributed by atoms with van der Waals surface area (Å²) in [7, 11) is 1.62. The summed E-state index contributed by atoms with van der Waals surface area (Å²) in [6.45, 7) is 3.01. The van der Waals surface area contributed by atoms with E-state index in [0.29, 0.717) is 0 Å². The van der Waals surface area contributed by atoms with Gasteiger partial charge in [0.05, 0.1) is 7.11 Å². The van der Waals surface area contributed by atoms with Gasteiger partial charge in [-0.3, -0.25) is 0 Å². The molecule has 21 heavy (non-hydrogen) atoms. The molecule has 0 aliphatic rings. The minimum atomic E-state index is -0.234. The Bertz CT molecular complexity index is 556. The Morgan fingerprint density at radius 3 is 2.57 bits per heavy atom. The van der Waals surface area contributed by atoms with E-state index in [1.54, 1.807) is 19.2 Å². The van der Waals surface area contributed by atoms with Gasteiger partial charge in [0.15, 0.2) is 0 Å². The van der Waals surface area contributed by atoms with Gasteiger partial charge in [-0.1, -0.05) is 37.3 Å². The highest BCUT2D eigenvalue weighted by Gasteiger charge is 2.17. The molecule has 1 unspecified atom stereocenters. The summed E-state index contributed by atoms with van der Waals surface area (Å²) < 4.78 is 19.0. The normalized spacial score (nSPS) is 12.1. The van der Waals surface area contributed by atoms with E-state index in [4.69, 9.17) is 4.74 Å². The first-order valence-electron chi connectivity index (χ1n) is 7.35. The lowest BCUT2D eigenvalue weighted by molar-refractivity contribution is 0.396. The van der Waals surface area contributed by atoms with E-state index in [9.17, 15) is 4.39 Å². The van der Waals surface area contributed by atoms with E-state index in [0.717, 1.165) is 30.7 Å². The fraction of sp³-hybridized carbons (Fsp3) is 0.333. The third kappa shape index (κ3) is 4.30. The van der Waals surface area contributed by atoms with Gasteiger partial charge in [-0.2, -0.15) is 0 Å². The quantitative estimate of drug-likeness (QED) is 0.827. The van der Waals surface area contributed by atoms with Crippen LogP contribution in [0.2, 0.25) is 0 Å². The predicted octanol–water partition coefficient (Wildman–Crippen LogP) is 4.12. The summed E-state index contributed by atoms with van der Waals surface area (Å²) in [6, 6.07) is 15.0. The molecule has 1 atom stereocenters. The second-order valence-corrected chi connectivity index (χ2v) is 5.08. The fourth-order valence-electron chi connectivity index (χ4n) is 2.44. The van der Waals surface area contributed by atoms with Crippen molar-refractivity contribution in [3.8, 4) is 5.75 Å². The van der Waals surface area contributed by atoms with Crippen molar-refractivity contribution in [1.29, 1.82) is 0 Å². The van der Waals surface area contributed by atoms with Crippen LogP contribution in [0.5, 0.6) is 5.75 Å². The number of nitrogens with one attached hydrogen (secondary N) is 1. The number of benzene rings is 2. The molecule has 0 aliphatic carbocycles. The highest BCUT2D eigenvalue weighted by atomic mass is 19.1. The molecule has 0 aliphatic heterocycles. The first-order valence-corrected chi connectivity index (χ1v) is 7.35. The van der Waals surface area contributed by atoms with Crippen molar-refractivity contribution in [3.63, 3.8) is 0 Å². The number of hydrogen-bond donors (Lipinski definition) is 1. The van der Waals surface area contributed by atoms with Crippen LogP contribution in [0.15, 0.2) is 48.5 Å². The molecule has 0 spiro atoms. The van der Waals surface area contributed by atoms with Crippen molar-refractivity contribution < 1.29 is 9.13 Å². The summed E-state index contributed by atoms with van der Waals surface area (Å²) in [5.41, 5.74) is 2.09. The summed E-state index contributed by atoms with van der Waals surface area (Å²) in [5, 5.41) is 3.49. The van der Waals surface area contributed by atoms with Crippen molar-refractivity contribution in [2.75, 3.05) is 13.7 Å². The zero-order valence-electron chi connectivity index (χ0n) is 12.6. The van der Waals surface area contributed by atoms with Gasteiger partial charge in [0.25, 0.3) is 0 Å². The van der Waals surface area contributed by atoms with Crippen LogP contribution in [0.1, 0.15) is 30.5 Å². The molecule has 0 bridgehead atoms. The maximum Gasteiger partial charge on any atom is 0.123 e. The van der Waals surface area contributed by atoms with Gasteiger partial charge < -0.3 is 10.1 Å². The minimum absolute atomic E-state index is 0.0398. The smallest absolute Gasteiger partial charge is 0.123 e. The molecule has 2 aromatic carbocycles. The van der Waals surface area contributed by atoms with Crippen LogP contribution < -0.4 is 10.1 Å². The largest absolute Gasteiger partial charge is 0.496 e. The molecular formula is C18H22FNO. The van der Waals surface area contributed by atoms with Gasteiger partial charge in [-0.25, -0.2) is 4.39 Å². The Kier molecular flexibility index (Phi) is 5.76. The average molecular weight is 287 g/mol. The zero-order chi connectivity index (χ0) is 15.1. The van der Waals surface area contributed by atoms with E-state index in [1.807, 2.05) is 18.2 Å². The zero-order valence-corrected chi connectivity index (χ0v) is 12.6. The Labute approximate surface area is 126 Å². The Morgan fingerprint density at radius 1 is 1.14 bits per heavy atom. The number of rotatable bonds is 7. The van der Waals surface area contributed by atoms with Gasteiger partial charge in [0.2, 0.25) is 0 Å². The Morgan fingerprint density at radius 2 is 1.90 bits per heavy atom. The van der Waals surface area contributed by atoms with Gasteiger partial charge in [-0.15, -0.1) is 0 Å². The number of halogens is 1. The fourth-order valence-corrected chi connectivity index (χ4v) is 2.44. The van der Waals surface area contributed by atoms with Gasteiger partial charge in [0.1, 0.15) is 11.6 Å². The maximum atomic E-state index is 13.6. The summed E-state index contributed by atoms with van der Waals surface area (Å²) in [5.74, 6) is 0.489. The monoisotopic (exact) mass is 287 g/mol. The predicted molar refractivity (Wildman–Crippen MR) is 84.1 cm³/mol. The minimum Gasteiger partial charge on any atom is -0.496 e. The lowest BCUT2D eigenvalue weighted by Gasteiger charge is -2.21. The van der Waals surface area contributed by atoms with Gasteiger partial charge >= 0.3 is 0 Å². The molecule has 0 amide bonds. The SMILES string of the molecule is CCCNC(Cc1ccccc1)c1cc(F)ccc1OC. The molecule has 2 rings (SSSR count). The molecule has 0 saturated carbocycles. The average Bonchev–Trinajstić information content (AvgIpc) is 2.52. The van der Waals surface area contributed by atoms with Crippen molar-refractivity contribution in [2.45, 2.75) is 25.8 Å². The molecule has 2 nitrogen and oxygen atoms in total. The van der Waals surface area contributed by atoms with Gasteiger partial charge in [0, 0.05) is 11.6 Å². The molecule has 0 radical (unpaired) electrons. The van der Waals surface area contributed by atoms with Crippen molar-refractivity contribution in [3.05, 3.63) is 65.5 Å². The molecule has 3 heteroatoms. The third-order valence-corrected chi connectivity index (χ3v) is 3.49. The van der Waals surface area contributed by atoms with E-state index >= 15 is 0 Å². The summed E-state index contributed by atoms with van der Waals surface area (Å²) >= 11 is 0. The summed E-state index contributed by atoms with van der Waals surface area (Å²) in [4.78, 5) is 0. The molecule has 112 valence electrons. The van der Waals surface area contributed by atoms with E-state index in [2.05, 4.69) is 24.4 Å². The molecular weight excluding hydrogens is 265 g/mol. The van der Waals surface area contributed by atoms with Crippen molar-refractivity contribution in [1.82, 2.24) is 5.32 Å². The molecule has 0 saturated heterocycles. The molecule has 0 fully saturated rings. The summed E-state index contributed by atoms with van der Waals surface area (Å²) in [6.07, 6.45) is 1.84. The van der Waals surface area contributed by atoms with Crippen LogP contribution in [-0.4, -0.2) is 13.7 Å². The van der Waals surface area contributed by atoms with Crippen LogP contribution in [-0.2, 0) is 6.42 Å². The maximum absolute atomic E-state index is 13.6. The second kappa shape index (κ2) is 7.79. The lowest BCUT2D eigenvalue weighted by atomic mass is 9.97. The first kappa shape index (κ1) is 15.5. The van der Waals surface area contributed by atoms with E-state index < -0.39 is 0 Å². The first-order chi connectivity index (χ1) is 10.2. The van der Waals surface area contributed by atoms with E-state index in [-0.39, 0.29) is 11.9 Å². The van der Waals surface area contributed by atoms with Crippen LogP contribution in [0.25, 0.3) is 0 Å². The molecule has 0 heterocycles. The van der Waals surface area contributed by atoms with Crippen molar-refractivity contribution in [2.24, 2.45) is 0 Å². The van der Waals surface area contributed by atoms with Crippen LogP contribution in [0, 0.1) is 5.82 Å². The van der Waals surface area contributed by atoms with Crippen LogP contribution in [0.4, 0.5) is 4.39 Å². The van der Waals surface area contributed by atoms with Gasteiger partial charge in [-0.05, 0) is 43.1 Å². The lowest BCUT2D eigenvalue weighted by Crippen LogP contribution is -2.24. The van der Waals surface area contributed by atoms with Crippen molar-refractivity contribution >= 4 is 0 Å². The Hall–Kier alpha value is -1.87. The number of ether oxygens (including phenoxy) is 1. The number of methoxy groups -OCH3 is 1. The number of hydrogen-bond acceptors (Lipinski definition) is 2. The molecule has 2 aromatic rings. The highest BCUT2D eigenvalue weighted by molar-refractivity contribution is 5.37. The third-order valence-electron chi connectivity index (χ3n) is 3.49. The Balaban J connectivity index is 2.28. The topological polar surface area (TPSA) is 21.3 Å².